The first-order valence-corrected chi connectivity index (χ1v) is 4.53. The molecule has 0 aliphatic rings. The molecular weight excluding hydrogens is 226 g/mol. The van der Waals surface area contributed by atoms with Crippen molar-refractivity contribution in [2.75, 3.05) is 7.11 Å². The van der Waals surface area contributed by atoms with Crippen LogP contribution in [0.1, 0.15) is 27.6 Å². The summed E-state index contributed by atoms with van der Waals surface area (Å²) in [6.07, 6.45) is -1.60. The fourth-order valence-corrected chi connectivity index (χ4v) is 1.43. The Morgan fingerprint density at radius 2 is 2.24 bits per heavy atom. The van der Waals surface area contributed by atoms with Crippen LogP contribution in [0.2, 0.25) is 0 Å². The number of carbonyl (C=O) groups is 2. The number of methoxy groups -OCH3 is 1. The van der Waals surface area contributed by atoms with E-state index in [0.717, 1.165) is 0 Å². The minimum Gasteiger partial charge on any atom is -0.496 e. The minimum atomic E-state index is -1.94. The van der Waals surface area contributed by atoms with Crippen molar-refractivity contribution in [2.24, 2.45) is 0 Å². The summed E-state index contributed by atoms with van der Waals surface area (Å²) in [6.45, 7) is 0. The predicted octanol–water partition coefficient (Wildman–Crippen LogP) is 0.497. The number of nitriles is 1. The summed E-state index contributed by atoms with van der Waals surface area (Å²) < 4.78 is 4.86. The summed E-state index contributed by atoms with van der Waals surface area (Å²) in [6, 6.07) is 4.37. The van der Waals surface area contributed by atoms with E-state index in [-0.39, 0.29) is 22.4 Å². The summed E-state index contributed by atoms with van der Waals surface area (Å²) in [5, 5.41) is 27.0. The fourth-order valence-electron chi connectivity index (χ4n) is 1.43. The molecule has 0 heterocycles. The summed E-state index contributed by atoms with van der Waals surface area (Å²) in [4.78, 5) is 21.6. The van der Waals surface area contributed by atoms with Crippen molar-refractivity contribution in [1.29, 1.82) is 5.26 Å². The number of aliphatic hydroxyl groups excluding tert-OH is 1. The largest absolute Gasteiger partial charge is 0.496 e. The van der Waals surface area contributed by atoms with Gasteiger partial charge in [-0.3, -0.25) is 4.79 Å². The monoisotopic (exact) mass is 235 g/mol. The number of aliphatic hydroxyl groups is 1. The highest BCUT2D eigenvalue weighted by Crippen LogP contribution is 2.28. The molecule has 1 unspecified atom stereocenters. The predicted molar refractivity (Wildman–Crippen MR) is 55.7 cm³/mol. The van der Waals surface area contributed by atoms with Gasteiger partial charge in [-0.15, -0.1) is 0 Å². The Bertz CT molecular complexity index is 503. The molecule has 0 spiro atoms. The van der Waals surface area contributed by atoms with Gasteiger partial charge in [0, 0.05) is 5.56 Å². The Labute approximate surface area is 96.7 Å². The van der Waals surface area contributed by atoms with Crippen molar-refractivity contribution in [2.45, 2.75) is 6.10 Å². The van der Waals surface area contributed by atoms with Crippen LogP contribution >= 0.6 is 0 Å². The first-order chi connectivity index (χ1) is 8.06. The molecule has 6 heteroatoms. The van der Waals surface area contributed by atoms with E-state index in [1.165, 1.54) is 19.2 Å². The molecule has 0 aromatic heterocycles. The molecule has 1 atom stereocenters. The number of aldehydes is 1. The van der Waals surface area contributed by atoms with Gasteiger partial charge in [-0.25, -0.2) is 4.79 Å². The number of carboxylic acid groups (broad SMARTS) is 1. The molecular formula is C11H9NO5. The van der Waals surface area contributed by atoms with Crippen LogP contribution in [0, 0.1) is 11.3 Å². The van der Waals surface area contributed by atoms with E-state index in [4.69, 9.17) is 15.1 Å². The average Bonchev–Trinajstić information content (AvgIpc) is 2.35. The summed E-state index contributed by atoms with van der Waals surface area (Å²) in [7, 11) is 1.30. The summed E-state index contributed by atoms with van der Waals surface area (Å²) in [5.41, 5.74) is -0.474. The highest BCUT2D eigenvalue weighted by atomic mass is 16.5. The van der Waals surface area contributed by atoms with Crippen molar-refractivity contribution in [3.05, 3.63) is 28.8 Å². The Kier molecular flexibility index (Phi) is 3.80. The number of hydrogen-bond donors (Lipinski definition) is 2. The van der Waals surface area contributed by atoms with Gasteiger partial charge in [0.15, 0.2) is 12.4 Å². The molecule has 1 rings (SSSR count). The number of ether oxygens (including phenoxy) is 1. The first kappa shape index (κ1) is 12.7. The Hall–Kier alpha value is -2.39. The zero-order valence-corrected chi connectivity index (χ0v) is 8.88. The number of benzene rings is 1. The second kappa shape index (κ2) is 5.09. The molecule has 0 radical (unpaired) electrons. The normalized spacial score (nSPS) is 11.4. The van der Waals surface area contributed by atoms with Crippen molar-refractivity contribution in [3.8, 4) is 11.8 Å². The number of hydrogen-bond acceptors (Lipinski definition) is 5. The Morgan fingerprint density at radius 1 is 1.59 bits per heavy atom. The van der Waals surface area contributed by atoms with E-state index in [9.17, 15) is 14.7 Å². The molecule has 2 N–H and O–H groups in total. The zero-order chi connectivity index (χ0) is 13.0. The summed E-state index contributed by atoms with van der Waals surface area (Å²) in [5.74, 6) is -1.44. The lowest BCUT2D eigenvalue weighted by Gasteiger charge is -2.13. The van der Waals surface area contributed by atoms with Gasteiger partial charge >= 0.3 is 5.97 Å². The van der Waals surface area contributed by atoms with Gasteiger partial charge in [0.25, 0.3) is 0 Å². The lowest BCUT2D eigenvalue weighted by molar-refractivity contribution is -0.147. The summed E-state index contributed by atoms with van der Waals surface area (Å²) >= 11 is 0. The van der Waals surface area contributed by atoms with Crippen LogP contribution in [0.15, 0.2) is 12.1 Å². The smallest absolute Gasteiger partial charge is 0.337 e. The molecule has 6 nitrogen and oxygen atoms in total. The zero-order valence-electron chi connectivity index (χ0n) is 8.88. The third-order valence-corrected chi connectivity index (χ3v) is 2.21. The molecule has 17 heavy (non-hydrogen) atoms. The first-order valence-electron chi connectivity index (χ1n) is 4.53. The van der Waals surface area contributed by atoms with Gasteiger partial charge in [0.1, 0.15) is 5.75 Å². The highest BCUT2D eigenvalue weighted by molar-refractivity contribution is 5.87. The van der Waals surface area contributed by atoms with Crippen LogP contribution in [-0.2, 0) is 4.79 Å². The average molecular weight is 235 g/mol. The van der Waals surface area contributed by atoms with Crippen molar-refractivity contribution < 1.29 is 24.5 Å². The quantitative estimate of drug-likeness (QED) is 0.735. The second-order valence-electron chi connectivity index (χ2n) is 3.11. The SMILES string of the molecule is COc1ccc(C#N)c(C(O)C(=O)O)c1C=O. The maximum absolute atomic E-state index is 10.9. The minimum absolute atomic E-state index is 0.0807. The van der Waals surface area contributed by atoms with Gasteiger partial charge in [-0.05, 0) is 12.1 Å². The van der Waals surface area contributed by atoms with Gasteiger partial charge in [-0.2, -0.15) is 5.26 Å². The lowest BCUT2D eigenvalue weighted by atomic mass is 9.96. The van der Waals surface area contributed by atoms with Gasteiger partial charge < -0.3 is 14.9 Å². The van der Waals surface area contributed by atoms with Crippen molar-refractivity contribution in [1.82, 2.24) is 0 Å². The van der Waals surface area contributed by atoms with Gasteiger partial charge in [0.2, 0.25) is 0 Å². The van der Waals surface area contributed by atoms with Crippen molar-refractivity contribution >= 4 is 12.3 Å². The topological polar surface area (TPSA) is 108 Å². The third kappa shape index (κ3) is 2.24. The molecule has 0 saturated heterocycles. The standard InChI is InChI=1S/C11H9NO5/c1-17-8-3-2-6(4-12)9(7(8)5-13)10(14)11(15)16/h2-3,5,10,14H,1H3,(H,15,16). The molecule has 0 aliphatic carbocycles. The van der Waals surface area contributed by atoms with Crippen LogP contribution in [0.3, 0.4) is 0 Å². The molecule has 1 aromatic rings. The number of carboxylic acids is 1. The van der Waals surface area contributed by atoms with Crippen molar-refractivity contribution in [3.63, 3.8) is 0 Å². The number of carbonyl (C=O) groups excluding carboxylic acids is 1. The van der Waals surface area contributed by atoms with Crippen LogP contribution in [-0.4, -0.2) is 29.6 Å². The maximum atomic E-state index is 10.9. The maximum Gasteiger partial charge on any atom is 0.337 e. The molecule has 0 saturated carbocycles. The fraction of sp³-hybridized carbons (Fsp3) is 0.182. The van der Waals surface area contributed by atoms with Gasteiger partial charge in [0.05, 0.1) is 24.3 Å². The molecule has 0 aliphatic heterocycles. The van der Waals surface area contributed by atoms with Crippen LogP contribution in [0.4, 0.5) is 0 Å². The Balaban J connectivity index is 3.57. The third-order valence-electron chi connectivity index (χ3n) is 2.21. The second-order valence-corrected chi connectivity index (χ2v) is 3.11. The van der Waals surface area contributed by atoms with E-state index in [1.54, 1.807) is 6.07 Å². The molecule has 0 bridgehead atoms. The van der Waals surface area contributed by atoms with E-state index in [1.807, 2.05) is 0 Å². The van der Waals surface area contributed by atoms with E-state index >= 15 is 0 Å². The molecule has 0 amide bonds. The number of aliphatic carboxylic acids is 1. The molecule has 1 aromatic carbocycles. The Morgan fingerprint density at radius 3 is 2.65 bits per heavy atom. The van der Waals surface area contributed by atoms with E-state index in [2.05, 4.69) is 0 Å². The van der Waals surface area contributed by atoms with Crippen LogP contribution in [0.5, 0.6) is 5.75 Å². The highest BCUT2D eigenvalue weighted by Gasteiger charge is 2.25. The molecule has 0 fully saturated rings. The van der Waals surface area contributed by atoms with Crippen LogP contribution in [0.25, 0.3) is 0 Å². The number of nitrogens with zero attached hydrogens (tertiary/aromatic N) is 1. The van der Waals surface area contributed by atoms with Gasteiger partial charge in [-0.1, -0.05) is 0 Å². The molecule has 88 valence electrons. The van der Waals surface area contributed by atoms with E-state index < -0.39 is 12.1 Å². The van der Waals surface area contributed by atoms with Crippen LogP contribution < -0.4 is 4.74 Å². The lowest BCUT2D eigenvalue weighted by Crippen LogP contribution is -2.15. The van der Waals surface area contributed by atoms with E-state index in [0.29, 0.717) is 6.29 Å². The number of rotatable bonds is 4.